The van der Waals surface area contributed by atoms with Gasteiger partial charge in [-0.3, -0.25) is 10.1 Å². The van der Waals surface area contributed by atoms with Gasteiger partial charge in [-0.15, -0.1) is 10.2 Å². The molecule has 5 rings (SSSR count). The van der Waals surface area contributed by atoms with E-state index in [9.17, 15) is 4.79 Å². The first-order valence-corrected chi connectivity index (χ1v) is 11.8. The van der Waals surface area contributed by atoms with Crippen LogP contribution in [-0.4, -0.2) is 22.7 Å². The van der Waals surface area contributed by atoms with E-state index in [0.29, 0.717) is 17.5 Å². The van der Waals surface area contributed by atoms with Crippen molar-refractivity contribution >= 4 is 49.7 Å². The highest BCUT2D eigenvalue weighted by Gasteiger charge is 2.17. The minimum Gasteiger partial charge on any atom is -0.493 e. The normalized spacial score (nSPS) is 11.8. The molecule has 6 nitrogen and oxygen atoms in total. The van der Waals surface area contributed by atoms with Crippen molar-refractivity contribution in [3.05, 3.63) is 77.5 Å². The van der Waals surface area contributed by atoms with Gasteiger partial charge >= 0.3 is 0 Å². The lowest BCUT2D eigenvalue weighted by Crippen LogP contribution is -2.08. The number of aryl methyl sites for hydroxylation is 1. The number of anilines is 1. The predicted molar refractivity (Wildman–Crippen MR) is 137 cm³/mol. The average molecular weight is 470 g/mol. The van der Waals surface area contributed by atoms with Gasteiger partial charge in [0.25, 0.3) is 0 Å². The summed E-state index contributed by atoms with van der Waals surface area (Å²) in [6.45, 7) is 6.17. The number of carbonyl (C=O) groups excluding carboxylic acids is 1. The van der Waals surface area contributed by atoms with Gasteiger partial charge < -0.3 is 9.15 Å². The number of hydrogen-bond acceptors (Lipinski definition) is 6. The Morgan fingerprint density at radius 2 is 1.91 bits per heavy atom. The van der Waals surface area contributed by atoms with Crippen molar-refractivity contribution in [1.29, 1.82) is 0 Å². The fraction of sp³-hybridized carbons (Fsp3) is 0.148. The van der Waals surface area contributed by atoms with Gasteiger partial charge in [0.2, 0.25) is 11.0 Å². The fourth-order valence-electron chi connectivity index (χ4n) is 4.07. The molecule has 0 saturated carbocycles. The van der Waals surface area contributed by atoms with E-state index < -0.39 is 0 Å². The van der Waals surface area contributed by atoms with Gasteiger partial charge in [-0.2, -0.15) is 0 Å². The maximum atomic E-state index is 12.6. The number of nitrogens with zero attached hydrogens (tertiary/aromatic N) is 2. The van der Waals surface area contributed by atoms with Crippen LogP contribution in [0.1, 0.15) is 24.4 Å². The minimum absolute atomic E-state index is 0.266. The van der Waals surface area contributed by atoms with Crippen LogP contribution >= 0.6 is 11.3 Å². The molecule has 5 aromatic rings. The Morgan fingerprint density at radius 1 is 1.09 bits per heavy atom. The first kappa shape index (κ1) is 21.9. The van der Waals surface area contributed by atoms with Gasteiger partial charge in [0, 0.05) is 28.7 Å². The lowest BCUT2D eigenvalue weighted by Gasteiger charge is -2.12. The van der Waals surface area contributed by atoms with Gasteiger partial charge in [0.1, 0.15) is 16.3 Å². The number of amides is 1. The van der Waals surface area contributed by atoms with Gasteiger partial charge in [-0.1, -0.05) is 53.8 Å². The first-order chi connectivity index (χ1) is 16.5. The number of furan rings is 1. The van der Waals surface area contributed by atoms with Crippen LogP contribution in [-0.2, 0) is 4.79 Å². The summed E-state index contributed by atoms with van der Waals surface area (Å²) in [4.78, 5) is 12.6. The second-order valence-corrected chi connectivity index (χ2v) is 9.08. The molecule has 0 aliphatic rings. The largest absolute Gasteiger partial charge is 0.493 e. The van der Waals surface area contributed by atoms with Crippen molar-refractivity contribution in [2.24, 2.45) is 0 Å². The van der Waals surface area contributed by atoms with E-state index in [1.54, 1.807) is 12.3 Å². The van der Waals surface area contributed by atoms with E-state index in [2.05, 4.69) is 45.8 Å². The molecule has 0 aliphatic heterocycles. The van der Waals surface area contributed by atoms with Crippen LogP contribution in [0.3, 0.4) is 0 Å². The molecule has 0 saturated heterocycles. The predicted octanol–water partition coefficient (Wildman–Crippen LogP) is 6.85. The van der Waals surface area contributed by atoms with E-state index in [1.165, 1.54) is 16.7 Å². The number of nitrogens with one attached hydrogen (secondary N) is 1. The highest BCUT2D eigenvalue weighted by atomic mass is 32.1. The van der Waals surface area contributed by atoms with Crippen molar-refractivity contribution < 1.29 is 13.9 Å². The SMILES string of the molecule is CCOc1cc2occ(-c3cccc4ccccc34)c2cc1/C(C)=C/C(=O)Nc1nnc(C)s1. The Hall–Kier alpha value is -3.97. The van der Waals surface area contributed by atoms with Crippen molar-refractivity contribution in [1.82, 2.24) is 10.2 Å². The van der Waals surface area contributed by atoms with E-state index in [4.69, 9.17) is 9.15 Å². The third-order valence-electron chi connectivity index (χ3n) is 5.58. The lowest BCUT2D eigenvalue weighted by molar-refractivity contribution is -0.111. The number of benzene rings is 3. The van der Waals surface area contributed by atoms with Gasteiger partial charge in [-0.05, 0) is 48.7 Å². The van der Waals surface area contributed by atoms with Crippen LogP contribution in [0.15, 0.2) is 71.4 Å². The highest BCUT2D eigenvalue weighted by Crippen LogP contribution is 2.39. The van der Waals surface area contributed by atoms with E-state index >= 15 is 0 Å². The summed E-state index contributed by atoms with van der Waals surface area (Å²) in [5.41, 5.74) is 4.43. The zero-order valence-electron chi connectivity index (χ0n) is 19.1. The maximum absolute atomic E-state index is 12.6. The Kier molecular flexibility index (Phi) is 5.86. The van der Waals surface area contributed by atoms with Crippen LogP contribution < -0.4 is 10.1 Å². The molecule has 3 aromatic carbocycles. The summed E-state index contributed by atoms with van der Waals surface area (Å²) < 4.78 is 11.8. The molecule has 1 amide bonds. The number of aromatic nitrogens is 2. The number of allylic oxidation sites excluding steroid dienone is 1. The standard InChI is InChI=1S/C27H23N3O3S/c1-4-32-24-14-25-22(13-21(24)16(2)12-26(31)28-27-30-29-17(3)34-27)23(15-33-25)20-11-7-9-18-8-5-6-10-19(18)20/h5-15H,4H2,1-3H3,(H,28,30,31)/b16-12+. The zero-order chi connectivity index (χ0) is 23.7. The average Bonchev–Trinajstić information content (AvgIpc) is 3.43. The van der Waals surface area contributed by atoms with Gasteiger partial charge in [0.15, 0.2) is 0 Å². The number of rotatable bonds is 6. The van der Waals surface area contributed by atoms with Gasteiger partial charge in [0.05, 0.1) is 12.9 Å². The molecule has 0 radical (unpaired) electrons. The highest BCUT2D eigenvalue weighted by molar-refractivity contribution is 7.15. The fourth-order valence-corrected chi connectivity index (χ4v) is 4.66. The first-order valence-electron chi connectivity index (χ1n) is 11.0. The van der Waals surface area contributed by atoms with Crippen molar-refractivity contribution in [3.8, 4) is 16.9 Å². The Labute approximate surface area is 200 Å². The van der Waals surface area contributed by atoms with Gasteiger partial charge in [-0.25, -0.2) is 0 Å². The summed E-state index contributed by atoms with van der Waals surface area (Å²) in [5, 5.41) is 15.2. The number of ether oxygens (including phenoxy) is 1. The molecule has 2 aromatic heterocycles. The maximum Gasteiger partial charge on any atom is 0.250 e. The second kappa shape index (κ2) is 9.11. The molecule has 0 fully saturated rings. The van der Waals surface area contributed by atoms with Crippen LogP contribution in [0.5, 0.6) is 5.75 Å². The van der Waals surface area contributed by atoms with Crippen molar-refractivity contribution in [3.63, 3.8) is 0 Å². The van der Waals surface area contributed by atoms with Crippen LogP contribution in [0, 0.1) is 6.92 Å². The topological polar surface area (TPSA) is 77.2 Å². The van der Waals surface area contributed by atoms with Crippen molar-refractivity contribution in [2.75, 3.05) is 11.9 Å². The summed E-state index contributed by atoms with van der Waals surface area (Å²) in [7, 11) is 0. The molecule has 0 bridgehead atoms. The third-order valence-corrected chi connectivity index (χ3v) is 6.34. The molecule has 7 heteroatoms. The molecule has 0 atom stereocenters. The molecule has 1 N–H and O–H groups in total. The number of hydrogen-bond donors (Lipinski definition) is 1. The monoisotopic (exact) mass is 469 g/mol. The zero-order valence-corrected chi connectivity index (χ0v) is 19.9. The molecule has 0 spiro atoms. The smallest absolute Gasteiger partial charge is 0.250 e. The van der Waals surface area contributed by atoms with E-state index in [0.717, 1.165) is 43.6 Å². The van der Waals surface area contributed by atoms with E-state index in [1.807, 2.05) is 45.0 Å². The molecule has 170 valence electrons. The van der Waals surface area contributed by atoms with Crippen LogP contribution in [0.2, 0.25) is 0 Å². The molecular formula is C27H23N3O3S. The molecule has 0 unspecified atom stereocenters. The Bertz CT molecular complexity index is 1540. The molecule has 0 aliphatic carbocycles. The van der Waals surface area contributed by atoms with E-state index in [-0.39, 0.29) is 5.91 Å². The Morgan fingerprint density at radius 3 is 2.71 bits per heavy atom. The summed E-state index contributed by atoms with van der Waals surface area (Å²) >= 11 is 1.33. The summed E-state index contributed by atoms with van der Waals surface area (Å²) in [5.74, 6) is 0.403. The molecule has 2 heterocycles. The third kappa shape index (κ3) is 4.18. The quantitative estimate of drug-likeness (QED) is 0.275. The minimum atomic E-state index is -0.266. The second-order valence-electron chi connectivity index (χ2n) is 7.90. The number of fused-ring (bicyclic) bond motifs is 2. The summed E-state index contributed by atoms with van der Waals surface area (Å²) in [6, 6.07) is 18.5. The molecular weight excluding hydrogens is 446 g/mol. The van der Waals surface area contributed by atoms with Crippen LogP contribution in [0.4, 0.5) is 5.13 Å². The van der Waals surface area contributed by atoms with Crippen LogP contribution in [0.25, 0.3) is 38.4 Å². The number of carbonyl (C=O) groups is 1. The summed E-state index contributed by atoms with van der Waals surface area (Å²) in [6.07, 6.45) is 3.34. The Balaban J connectivity index is 1.59. The molecule has 34 heavy (non-hydrogen) atoms. The van der Waals surface area contributed by atoms with Crippen molar-refractivity contribution in [2.45, 2.75) is 20.8 Å². The lowest BCUT2D eigenvalue weighted by atomic mass is 9.96.